The molecule has 0 N–H and O–H groups in total. The molecule has 1 aliphatic rings. The summed E-state index contributed by atoms with van der Waals surface area (Å²) in [4.78, 5) is 12.4. The van der Waals surface area contributed by atoms with Crippen molar-refractivity contribution in [3.8, 4) is 0 Å². The highest BCUT2D eigenvalue weighted by Gasteiger charge is 2.41. The van der Waals surface area contributed by atoms with Gasteiger partial charge in [0.25, 0.3) is 0 Å². The molecule has 0 aliphatic heterocycles. The Morgan fingerprint density at radius 2 is 1.66 bits per heavy atom. The predicted octanol–water partition coefficient (Wildman–Crippen LogP) is 4.56. The highest BCUT2D eigenvalue weighted by Crippen LogP contribution is 2.40. The molecule has 1 aromatic carbocycles. The molecular weight excluding hydrogens is 400 g/mol. The maximum Gasteiger partial charge on any atom is 0.416 e. The van der Waals surface area contributed by atoms with Crippen molar-refractivity contribution in [1.82, 2.24) is 14.3 Å². The Bertz CT molecular complexity index is 904. The summed E-state index contributed by atoms with van der Waals surface area (Å²) >= 11 is 0. The zero-order chi connectivity index (χ0) is 21.4. The lowest BCUT2D eigenvalue weighted by Crippen LogP contribution is -2.32. The lowest BCUT2D eigenvalue weighted by Gasteiger charge is -2.30. The highest BCUT2D eigenvalue weighted by atomic mass is 19.4. The zero-order valence-corrected chi connectivity index (χ0v) is 15.7. The van der Waals surface area contributed by atoms with E-state index in [2.05, 4.69) is 5.10 Å². The van der Waals surface area contributed by atoms with Gasteiger partial charge >= 0.3 is 18.0 Å². The van der Waals surface area contributed by atoms with E-state index in [0.29, 0.717) is 12.8 Å². The van der Waals surface area contributed by atoms with Crippen molar-refractivity contribution in [2.75, 3.05) is 0 Å². The summed E-state index contributed by atoms with van der Waals surface area (Å²) in [6, 6.07) is 5.07. The molecule has 0 radical (unpaired) electrons. The number of hydrogen-bond acceptors (Lipinski definition) is 2. The van der Waals surface area contributed by atoms with E-state index in [4.69, 9.17) is 0 Å². The number of rotatable bonds is 4. The van der Waals surface area contributed by atoms with E-state index in [-0.39, 0.29) is 43.1 Å². The van der Waals surface area contributed by atoms with Gasteiger partial charge in [-0.15, -0.1) is 0 Å². The van der Waals surface area contributed by atoms with Gasteiger partial charge in [-0.3, -0.25) is 4.57 Å². The summed E-state index contributed by atoms with van der Waals surface area (Å²) in [7, 11) is 1.40. The van der Waals surface area contributed by atoms with Gasteiger partial charge < -0.3 is 0 Å². The lowest BCUT2D eigenvalue weighted by atomic mass is 9.81. The molecule has 2 aromatic rings. The van der Waals surface area contributed by atoms with Gasteiger partial charge in [-0.2, -0.15) is 31.4 Å². The first kappa shape index (κ1) is 21.4. The molecule has 0 atom stereocenters. The topological polar surface area (TPSA) is 39.8 Å². The van der Waals surface area contributed by atoms with Crippen LogP contribution in [-0.2, 0) is 26.2 Å². The molecule has 0 bridgehead atoms. The minimum atomic E-state index is -4.54. The van der Waals surface area contributed by atoms with Crippen molar-refractivity contribution in [2.45, 2.75) is 51.0 Å². The van der Waals surface area contributed by atoms with Crippen molar-refractivity contribution >= 4 is 0 Å². The average molecular weight is 421 g/mol. The number of benzene rings is 1. The van der Waals surface area contributed by atoms with Gasteiger partial charge in [0, 0.05) is 20.0 Å². The summed E-state index contributed by atoms with van der Waals surface area (Å²) in [5, 5.41) is 4.07. The van der Waals surface area contributed by atoms with Crippen LogP contribution in [0.5, 0.6) is 0 Å². The number of aromatic nitrogens is 3. The summed E-state index contributed by atoms with van der Waals surface area (Å²) < 4.78 is 80.6. The molecule has 0 unspecified atom stereocenters. The van der Waals surface area contributed by atoms with Gasteiger partial charge in [-0.05, 0) is 43.2 Å². The molecule has 3 rings (SSSR count). The molecule has 1 fully saturated rings. The molecule has 0 saturated heterocycles. The number of nitrogens with zero attached hydrogens (tertiary/aromatic N) is 3. The van der Waals surface area contributed by atoms with Crippen molar-refractivity contribution < 1.29 is 26.3 Å². The van der Waals surface area contributed by atoms with Gasteiger partial charge in [0.1, 0.15) is 5.82 Å². The Morgan fingerprint density at radius 3 is 2.24 bits per heavy atom. The van der Waals surface area contributed by atoms with E-state index < -0.39 is 29.5 Å². The maximum absolute atomic E-state index is 13.3. The van der Waals surface area contributed by atoms with Crippen molar-refractivity contribution in [3.05, 3.63) is 51.7 Å². The third-order valence-corrected chi connectivity index (χ3v) is 5.51. The van der Waals surface area contributed by atoms with Crippen LogP contribution in [0.2, 0.25) is 0 Å². The van der Waals surface area contributed by atoms with Crippen molar-refractivity contribution in [1.29, 1.82) is 0 Å². The molecule has 1 heterocycles. The second kappa shape index (κ2) is 7.87. The molecule has 1 aromatic heterocycles. The number of alkyl halides is 6. The standard InChI is InChI=1S/C19H21F6N3O/c1-27-17(29)28(11-12-6-8-14(9-7-12)18(20,21)22)16(26-27)10-13-4-2-3-5-15(13)19(23,24)25/h2-5,12,14H,6-11H2,1H3. The zero-order valence-electron chi connectivity index (χ0n) is 15.7. The molecule has 10 heteroatoms. The fourth-order valence-corrected chi connectivity index (χ4v) is 3.92. The van der Waals surface area contributed by atoms with E-state index in [1.807, 2.05) is 0 Å². The van der Waals surface area contributed by atoms with Crippen LogP contribution in [0.3, 0.4) is 0 Å². The Hall–Kier alpha value is -2.26. The third-order valence-electron chi connectivity index (χ3n) is 5.51. The quantitative estimate of drug-likeness (QED) is 0.679. The molecule has 0 amide bonds. The van der Waals surface area contributed by atoms with E-state index >= 15 is 0 Å². The molecule has 4 nitrogen and oxygen atoms in total. The largest absolute Gasteiger partial charge is 0.416 e. The first-order valence-electron chi connectivity index (χ1n) is 9.31. The Balaban J connectivity index is 1.81. The minimum Gasteiger partial charge on any atom is -0.278 e. The van der Waals surface area contributed by atoms with E-state index in [1.54, 1.807) is 0 Å². The molecule has 1 saturated carbocycles. The van der Waals surface area contributed by atoms with Crippen LogP contribution >= 0.6 is 0 Å². The van der Waals surface area contributed by atoms with Crippen LogP contribution in [-0.4, -0.2) is 20.5 Å². The lowest BCUT2D eigenvalue weighted by molar-refractivity contribution is -0.184. The fraction of sp³-hybridized carbons (Fsp3) is 0.579. The van der Waals surface area contributed by atoms with Crippen LogP contribution in [0, 0.1) is 11.8 Å². The van der Waals surface area contributed by atoms with Crippen molar-refractivity contribution in [2.24, 2.45) is 18.9 Å². The second-order valence-electron chi connectivity index (χ2n) is 7.52. The van der Waals surface area contributed by atoms with Gasteiger partial charge in [-0.25, -0.2) is 9.48 Å². The molecule has 29 heavy (non-hydrogen) atoms. The van der Waals surface area contributed by atoms with Gasteiger partial charge in [-0.1, -0.05) is 18.2 Å². The van der Waals surface area contributed by atoms with E-state index in [0.717, 1.165) is 10.7 Å². The van der Waals surface area contributed by atoms with Crippen LogP contribution in [0.1, 0.15) is 42.6 Å². The summed E-state index contributed by atoms with van der Waals surface area (Å²) in [5.74, 6) is -1.30. The first-order chi connectivity index (χ1) is 13.5. The number of halogens is 6. The Labute approximate surface area is 163 Å². The predicted molar refractivity (Wildman–Crippen MR) is 93.2 cm³/mol. The smallest absolute Gasteiger partial charge is 0.278 e. The molecule has 0 spiro atoms. The normalized spacial score (nSPS) is 20.8. The highest BCUT2D eigenvalue weighted by molar-refractivity contribution is 5.31. The van der Waals surface area contributed by atoms with Crippen LogP contribution < -0.4 is 5.69 Å². The van der Waals surface area contributed by atoms with E-state index in [9.17, 15) is 31.1 Å². The van der Waals surface area contributed by atoms with Crippen LogP contribution in [0.4, 0.5) is 26.3 Å². The van der Waals surface area contributed by atoms with Gasteiger partial charge in [0.2, 0.25) is 0 Å². The molecular formula is C19H21F6N3O. The summed E-state index contributed by atoms with van der Waals surface area (Å²) in [6.07, 6.45) is -8.34. The SMILES string of the molecule is Cn1nc(Cc2ccccc2C(F)(F)F)n(CC2CCC(C(F)(F)F)CC2)c1=O. The van der Waals surface area contributed by atoms with Crippen molar-refractivity contribution in [3.63, 3.8) is 0 Å². The van der Waals surface area contributed by atoms with Gasteiger partial charge in [0.05, 0.1) is 11.5 Å². The van der Waals surface area contributed by atoms with Gasteiger partial charge in [0.15, 0.2) is 0 Å². The second-order valence-corrected chi connectivity index (χ2v) is 7.52. The monoisotopic (exact) mass is 421 g/mol. The maximum atomic E-state index is 13.3. The number of hydrogen-bond donors (Lipinski definition) is 0. The van der Waals surface area contributed by atoms with Crippen LogP contribution in [0.15, 0.2) is 29.1 Å². The molecule has 1 aliphatic carbocycles. The van der Waals surface area contributed by atoms with E-state index in [1.165, 1.54) is 29.8 Å². The fourth-order valence-electron chi connectivity index (χ4n) is 3.92. The Morgan fingerprint density at radius 1 is 1.03 bits per heavy atom. The average Bonchev–Trinajstić information content (AvgIpc) is 2.88. The summed E-state index contributed by atoms with van der Waals surface area (Å²) in [5.41, 5.74) is -1.29. The Kier molecular flexibility index (Phi) is 5.82. The van der Waals surface area contributed by atoms with Crippen LogP contribution in [0.25, 0.3) is 0 Å². The first-order valence-corrected chi connectivity index (χ1v) is 9.31. The number of aryl methyl sites for hydroxylation is 1. The summed E-state index contributed by atoms with van der Waals surface area (Å²) in [6.45, 7) is 0.154. The minimum absolute atomic E-state index is 0.00454. The third kappa shape index (κ3) is 4.84. The molecule has 160 valence electrons.